The van der Waals surface area contributed by atoms with Gasteiger partial charge in [0.25, 0.3) is 0 Å². The summed E-state index contributed by atoms with van der Waals surface area (Å²) in [4.78, 5) is 10.8. The predicted octanol–water partition coefficient (Wildman–Crippen LogP) is -0.382. The maximum Gasteiger partial charge on any atom is 0.407 e. The number of carbonyl (C=O) groups excluding carboxylic acids is 1. The van der Waals surface area contributed by atoms with Crippen molar-refractivity contribution in [2.24, 2.45) is 0 Å². The van der Waals surface area contributed by atoms with E-state index in [2.05, 4.69) is 5.32 Å². The molecule has 0 aromatic rings. The lowest BCUT2D eigenvalue weighted by molar-refractivity contribution is 0.107. The largest absolute Gasteiger partial charge is 0.444 e. The van der Waals surface area contributed by atoms with Crippen LogP contribution in [0.3, 0.4) is 0 Å². The highest BCUT2D eigenvalue weighted by Gasteiger charge is 2.32. The molecule has 0 aromatic carbocycles. The number of carbonyl (C=O) groups is 1. The number of hydrogen-bond acceptors (Lipinski definition) is 4. The molecule has 0 aliphatic carbocycles. The molecule has 1 fully saturated rings. The molecule has 76 valence electrons. The lowest BCUT2D eigenvalue weighted by Crippen LogP contribution is -2.32. The smallest absolute Gasteiger partial charge is 0.407 e. The summed E-state index contributed by atoms with van der Waals surface area (Å²) >= 11 is 0. The first-order valence-electron chi connectivity index (χ1n) is 4.46. The summed E-state index contributed by atoms with van der Waals surface area (Å²) in [5, 5.41) is 19.9. The molecule has 1 aliphatic heterocycles. The van der Waals surface area contributed by atoms with E-state index in [1.165, 1.54) is 0 Å². The van der Waals surface area contributed by atoms with Crippen molar-refractivity contribution in [2.75, 3.05) is 13.2 Å². The second-order valence-corrected chi connectivity index (χ2v) is 3.07. The van der Waals surface area contributed by atoms with Crippen LogP contribution in [0.15, 0.2) is 0 Å². The fourth-order valence-corrected chi connectivity index (χ4v) is 1.45. The van der Waals surface area contributed by atoms with Crippen molar-refractivity contribution in [1.29, 1.82) is 0 Å². The van der Waals surface area contributed by atoms with Crippen molar-refractivity contribution in [3.05, 3.63) is 0 Å². The minimum absolute atomic E-state index is 0.00918. The summed E-state index contributed by atoms with van der Waals surface area (Å²) in [6, 6.07) is -0.0631. The van der Waals surface area contributed by atoms with Gasteiger partial charge in [-0.1, -0.05) is 0 Å². The zero-order chi connectivity index (χ0) is 9.68. The highest BCUT2D eigenvalue weighted by atomic mass is 16.6. The number of alkyl carbamates (subject to hydrolysis) is 1. The molecule has 0 bridgehead atoms. The summed E-state index contributed by atoms with van der Waals surface area (Å²) < 4.78 is 4.92. The molecule has 1 aliphatic rings. The quantitative estimate of drug-likeness (QED) is 0.550. The van der Waals surface area contributed by atoms with Crippen LogP contribution in [0.5, 0.6) is 0 Å². The average Bonchev–Trinajstić information content (AvgIpc) is 2.44. The highest BCUT2D eigenvalue weighted by molar-refractivity contribution is 5.70. The Labute approximate surface area is 76.7 Å². The second kappa shape index (κ2) is 5.04. The number of rotatable bonds is 5. The zero-order valence-electron chi connectivity index (χ0n) is 7.40. The van der Waals surface area contributed by atoms with Crippen LogP contribution >= 0.6 is 0 Å². The molecule has 2 unspecified atom stereocenters. The molecule has 1 rings (SSSR count). The molecule has 1 amide bonds. The van der Waals surface area contributed by atoms with E-state index in [0.29, 0.717) is 19.3 Å². The Morgan fingerprint density at radius 1 is 1.31 bits per heavy atom. The Hall–Kier alpha value is -0.810. The first kappa shape index (κ1) is 10.3. The van der Waals surface area contributed by atoms with E-state index in [4.69, 9.17) is 14.9 Å². The number of cyclic esters (lactones) is 1. The molecule has 1 heterocycles. The first-order valence-corrected chi connectivity index (χ1v) is 4.46. The Morgan fingerprint density at radius 2 is 2.08 bits per heavy atom. The van der Waals surface area contributed by atoms with Crippen LogP contribution in [0.25, 0.3) is 0 Å². The number of aliphatic hydroxyl groups is 2. The monoisotopic (exact) mass is 189 g/mol. The van der Waals surface area contributed by atoms with Gasteiger partial charge in [-0.25, -0.2) is 4.79 Å². The molecule has 2 atom stereocenters. The second-order valence-electron chi connectivity index (χ2n) is 3.07. The van der Waals surface area contributed by atoms with E-state index >= 15 is 0 Å². The molecule has 0 spiro atoms. The average molecular weight is 189 g/mol. The van der Waals surface area contributed by atoms with Crippen LogP contribution in [0, 0.1) is 0 Å². The van der Waals surface area contributed by atoms with Crippen molar-refractivity contribution >= 4 is 6.09 Å². The number of amides is 1. The van der Waals surface area contributed by atoms with Crippen LogP contribution in [-0.4, -0.2) is 41.7 Å². The lowest BCUT2D eigenvalue weighted by Gasteiger charge is -2.14. The highest BCUT2D eigenvalue weighted by Crippen LogP contribution is 2.16. The standard InChI is InChI=1S/C8H15NO4/c10-4-1-2-6-7(3-5-11)13-8(12)9-6/h6-7,10-11H,1-5H2,(H,9,12). The Kier molecular flexibility index (Phi) is 3.98. The van der Waals surface area contributed by atoms with Crippen LogP contribution in [-0.2, 0) is 4.74 Å². The lowest BCUT2D eigenvalue weighted by atomic mass is 10.0. The van der Waals surface area contributed by atoms with Gasteiger partial charge in [-0.2, -0.15) is 0 Å². The number of hydrogen-bond donors (Lipinski definition) is 3. The van der Waals surface area contributed by atoms with Crippen LogP contribution in [0.2, 0.25) is 0 Å². The van der Waals surface area contributed by atoms with Crippen molar-refractivity contribution in [1.82, 2.24) is 5.32 Å². The molecule has 5 nitrogen and oxygen atoms in total. The van der Waals surface area contributed by atoms with Crippen LogP contribution < -0.4 is 5.32 Å². The van der Waals surface area contributed by atoms with Gasteiger partial charge in [0, 0.05) is 19.6 Å². The first-order chi connectivity index (χ1) is 6.27. The van der Waals surface area contributed by atoms with Crippen molar-refractivity contribution < 1.29 is 19.7 Å². The maximum absolute atomic E-state index is 10.8. The van der Waals surface area contributed by atoms with Crippen LogP contribution in [0.4, 0.5) is 4.79 Å². The predicted molar refractivity (Wildman–Crippen MR) is 45.2 cm³/mol. The maximum atomic E-state index is 10.8. The van der Waals surface area contributed by atoms with Crippen molar-refractivity contribution in [3.8, 4) is 0 Å². The molecule has 0 radical (unpaired) electrons. The molecule has 0 saturated carbocycles. The number of nitrogens with one attached hydrogen (secondary N) is 1. The van der Waals surface area contributed by atoms with E-state index in [1.54, 1.807) is 0 Å². The normalized spacial score (nSPS) is 27.1. The van der Waals surface area contributed by atoms with Gasteiger partial charge < -0.3 is 20.3 Å². The van der Waals surface area contributed by atoms with Crippen molar-refractivity contribution in [3.63, 3.8) is 0 Å². The van der Waals surface area contributed by atoms with E-state index < -0.39 is 6.09 Å². The third kappa shape index (κ3) is 2.86. The van der Waals surface area contributed by atoms with E-state index in [-0.39, 0.29) is 25.4 Å². The fraction of sp³-hybridized carbons (Fsp3) is 0.875. The Morgan fingerprint density at radius 3 is 2.69 bits per heavy atom. The van der Waals surface area contributed by atoms with Crippen LogP contribution in [0.1, 0.15) is 19.3 Å². The molecule has 13 heavy (non-hydrogen) atoms. The Balaban J connectivity index is 2.36. The minimum Gasteiger partial charge on any atom is -0.444 e. The SMILES string of the molecule is O=C1NC(CCCO)C(CCO)O1. The van der Waals surface area contributed by atoms with Gasteiger partial charge in [0.2, 0.25) is 0 Å². The van der Waals surface area contributed by atoms with Gasteiger partial charge in [0.1, 0.15) is 6.10 Å². The molecular weight excluding hydrogens is 174 g/mol. The molecule has 1 saturated heterocycles. The minimum atomic E-state index is -0.429. The van der Waals surface area contributed by atoms with Gasteiger partial charge in [-0.05, 0) is 12.8 Å². The van der Waals surface area contributed by atoms with Gasteiger partial charge in [0.05, 0.1) is 6.04 Å². The summed E-state index contributed by atoms with van der Waals surface area (Å²) in [5.41, 5.74) is 0. The van der Waals surface area contributed by atoms with E-state index in [0.717, 1.165) is 0 Å². The van der Waals surface area contributed by atoms with Gasteiger partial charge in [-0.15, -0.1) is 0 Å². The topological polar surface area (TPSA) is 78.8 Å². The Bertz CT molecular complexity index is 174. The van der Waals surface area contributed by atoms with Crippen molar-refractivity contribution in [2.45, 2.75) is 31.4 Å². The molecule has 0 aromatic heterocycles. The summed E-state index contributed by atoms with van der Waals surface area (Å²) in [6.07, 6.45) is 1.10. The molecule has 3 N–H and O–H groups in total. The third-order valence-electron chi connectivity index (χ3n) is 2.10. The fourth-order valence-electron chi connectivity index (χ4n) is 1.45. The van der Waals surface area contributed by atoms with Gasteiger partial charge in [0.15, 0.2) is 0 Å². The molecular formula is C8H15NO4. The van der Waals surface area contributed by atoms with Gasteiger partial charge in [-0.3, -0.25) is 0 Å². The zero-order valence-corrected chi connectivity index (χ0v) is 7.40. The molecule has 5 heteroatoms. The summed E-state index contributed by atoms with van der Waals surface area (Å²) in [5.74, 6) is 0. The summed E-state index contributed by atoms with van der Waals surface area (Å²) in [6.45, 7) is 0.119. The number of ether oxygens (including phenoxy) is 1. The van der Waals surface area contributed by atoms with E-state index in [1.807, 2.05) is 0 Å². The number of aliphatic hydroxyl groups excluding tert-OH is 2. The summed E-state index contributed by atoms with van der Waals surface area (Å²) in [7, 11) is 0. The van der Waals surface area contributed by atoms with E-state index in [9.17, 15) is 4.79 Å². The third-order valence-corrected chi connectivity index (χ3v) is 2.10. The van der Waals surface area contributed by atoms with Gasteiger partial charge >= 0.3 is 6.09 Å².